The Balaban J connectivity index is 1.91. The van der Waals surface area contributed by atoms with Crippen LogP contribution in [0.5, 0.6) is 5.75 Å². The number of hydrogen-bond donors (Lipinski definition) is 2. The van der Waals surface area contributed by atoms with E-state index in [-0.39, 0.29) is 11.9 Å². The molecule has 0 radical (unpaired) electrons. The zero-order valence-electron chi connectivity index (χ0n) is 13.0. The molecule has 2 aromatic rings. The molecule has 0 saturated carbocycles. The van der Waals surface area contributed by atoms with Crippen molar-refractivity contribution in [3.05, 3.63) is 57.5 Å². The number of methoxy groups -OCH3 is 1. The van der Waals surface area contributed by atoms with Crippen molar-refractivity contribution in [3.63, 3.8) is 0 Å². The van der Waals surface area contributed by atoms with E-state index in [0.717, 1.165) is 15.8 Å². The smallest absolute Gasteiger partial charge is 0.279 e. The Bertz CT molecular complexity index is 694. The van der Waals surface area contributed by atoms with Gasteiger partial charge in [0.05, 0.1) is 22.3 Å². The van der Waals surface area contributed by atoms with E-state index < -0.39 is 0 Å². The molecule has 0 aliphatic carbocycles. The number of quaternary nitrogens is 1. The van der Waals surface area contributed by atoms with E-state index in [1.807, 2.05) is 35.6 Å². The average Bonchev–Trinajstić information content (AvgIpc) is 2.54. The molecule has 23 heavy (non-hydrogen) atoms. The van der Waals surface area contributed by atoms with Gasteiger partial charge in [-0.3, -0.25) is 4.79 Å². The molecule has 6 heteroatoms. The molecule has 0 fully saturated rings. The first-order valence-electron chi connectivity index (χ1n) is 7.22. The summed E-state index contributed by atoms with van der Waals surface area (Å²) in [7, 11) is 1.63. The highest BCUT2D eigenvalue weighted by Gasteiger charge is 2.14. The summed E-state index contributed by atoms with van der Waals surface area (Å²) in [6, 6.07) is 13.3. The molecule has 4 nitrogen and oxygen atoms in total. The molecule has 2 aromatic carbocycles. The Labute approximate surface area is 149 Å². The normalized spacial score (nSPS) is 11.8. The molecule has 0 aromatic heterocycles. The van der Waals surface area contributed by atoms with Gasteiger partial charge in [-0.2, -0.15) is 0 Å². The first kappa shape index (κ1) is 17.8. The van der Waals surface area contributed by atoms with Crippen molar-refractivity contribution in [2.45, 2.75) is 13.0 Å². The molecule has 0 bridgehead atoms. The SMILES string of the molecule is COc1ccc([C@@H](C)[NH2+]CC(=O)Nc2ccccc2Cl)cc1Br. The topological polar surface area (TPSA) is 54.9 Å². The third-order valence-corrected chi connectivity index (χ3v) is 4.46. The summed E-state index contributed by atoms with van der Waals surface area (Å²) >= 11 is 9.51. The van der Waals surface area contributed by atoms with Crippen LogP contribution < -0.4 is 15.4 Å². The van der Waals surface area contributed by atoms with Gasteiger partial charge >= 0.3 is 0 Å². The van der Waals surface area contributed by atoms with E-state index >= 15 is 0 Å². The number of benzene rings is 2. The number of amides is 1. The predicted octanol–water partition coefficient (Wildman–Crippen LogP) is 3.37. The zero-order valence-corrected chi connectivity index (χ0v) is 15.3. The Hall–Kier alpha value is -1.56. The van der Waals surface area contributed by atoms with E-state index in [4.69, 9.17) is 16.3 Å². The van der Waals surface area contributed by atoms with Crippen molar-refractivity contribution in [3.8, 4) is 5.75 Å². The van der Waals surface area contributed by atoms with Crippen LogP contribution in [0.25, 0.3) is 0 Å². The van der Waals surface area contributed by atoms with Crippen LogP contribution in [0.15, 0.2) is 46.9 Å². The number of anilines is 1. The fourth-order valence-corrected chi connectivity index (χ4v) is 2.89. The maximum Gasteiger partial charge on any atom is 0.279 e. The monoisotopic (exact) mass is 397 g/mol. The Morgan fingerprint density at radius 1 is 1.35 bits per heavy atom. The fraction of sp³-hybridized carbons (Fsp3) is 0.235. The van der Waals surface area contributed by atoms with Gasteiger partial charge < -0.3 is 15.4 Å². The second-order valence-electron chi connectivity index (χ2n) is 5.15. The third-order valence-electron chi connectivity index (χ3n) is 3.51. The lowest BCUT2D eigenvalue weighted by Crippen LogP contribution is -2.86. The minimum absolute atomic E-state index is 0.0856. The molecule has 1 atom stereocenters. The molecule has 122 valence electrons. The number of nitrogens with one attached hydrogen (secondary N) is 1. The van der Waals surface area contributed by atoms with Gasteiger partial charge in [-0.15, -0.1) is 0 Å². The van der Waals surface area contributed by atoms with Crippen LogP contribution in [-0.4, -0.2) is 19.6 Å². The lowest BCUT2D eigenvalue weighted by molar-refractivity contribution is -0.682. The van der Waals surface area contributed by atoms with Gasteiger partial charge in [-0.1, -0.05) is 23.7 Å². The highest BCUT2D eigenvalue weighted by molar-refractivity contribution is 9.10. The van der Waals surface area contributed by atoms with E-state index in [9.17, 15) is 4.79 Å². The molecule has 3 N–H and O–H groups in total. The summed E-state index contributed by atoms with van der Waals surface area (Å²) in [5.41, 5.74) is 1.75. The van der Waals surface area contributed by atoms with Gasteiger partial charge in [0.1, 0.15) is 11.8 Å². The van der Waals surface area contributed by atoms with Crippen LogP contribution in [0.2, 0.25) is 5.02 Å². The maximum atomic E-state index is 12.0. The summed E-state index contributed by atoms with van der Waals surface area (Å²) in [4.78, 5) is 12.0. The van der Waals surface area contributed by atoms with Gasteiger partial charge in [-0.05, 0) is 53.2 Å². The second-order valence-corrected chi connectivity index (χ2v) is 6.41. The van der Waals surface area contributed by atoms with Crippen molar-refractivity contribution < 1.29 is 14.8 Å². The lowest BCUT2D eigenvalue weighted by atomic mass is 10.1. The number of halogens is 2. The van der Waals surface area contributed by atoms with E-state index in [0.29, 0.717) is 17.3 Å². The molecule has 0 aliphatic heterocycles. The molecule has 0 saturated heterocycles. The summed E-state index contributed by atoms with van der Waals surface area (Å²) in [6.45, 7) is 2.37. The summed E-state index contributed by atoms with van der Waals surface area (Å²) in [5.74, 6) is 0.704. The first-order valence-corrected chi connectivity index (χ1v) is 8.39. The minimum atomic E-state index is -0.0856. The van der Waals surface area contributed by atoms with Crippen molar-refractivity contribution in [1.82, 2.24) is 0 Å². The molecular weight excluding hydrogens is 380 g/mol. The number of nitrogens with two attached hydrogens (primary N) is 1. The van der Waals surface area contributed by atoms with Crippen LogP contribution in [0.3, 0.4) is 0 Å². The van der Waals surface area contributed by atoms with Crippen LogP contribution in [0.4, 0.5) is 5.69 Å². The van der Waals surface area contributed by atoms with Gasteiger partial charge in [-0.25, -0.2) is 0 Å². The van der Waals surface area contributed by atoms with Crippen molar-refractivity contribution >= 4 is 39.1 Å². The highest BCUT2D eigenvalue weighted by Crippen LogP contribution is 2.27. The van der Waals surface area contributed by atoms with Gasteiger partial charge in [0, 0.05) is 5.56 Å². The molecule has 0 aliphatic rings. The number of carbonyl (C=O) groups is 1. The summed E-state index contributed by atoms with van der Waals surface area (Å²) < 4.78 is 6.12. The molecule has 0 spiro atoms. The van der Waals surface area contributed by atoms with E-state index in [2.05, 4.69) is 28.2 Å². The molecule has 0 heterocycles. The number of para-hydroxylation sites is 1. The lowest BCUT2D eigenvalue weighted by Gasteiger charge is -2.13. The van der Waals surface area contributed by atoms with E-state index in [1.54, 1.807) is 19.2 Å². The Morgan fingerprint density at radius 3 is 2.74 bits per heavy atom. The zero-order chi connectivity index (χ0) is 16.8. The minimum Gasteiger partial charge on any atom is -0.496 e. The first-order chi connectivity index (χ1) is 11.0. The maximum absolute atomic E-state index is 12.0. The largest absolute Gasteiger partial charge is 0.496 e. The van der Waals surface area contributed by atoms with Crippen LogP contribution in [0, 0.1) is 0 Å². The molecule has 1 amide bonds. The van der Waals surface area contributed by atoms with Crippen LogP contribution in [-0.2, 0) is 4.79 Å². The van der Waals surface area contributed by atoms with Crippen molar-refractivity contribution in [2.75, 3.05) is 19.0 Å². The standard InChI is InChI=1S/C17H18BrClN2O2/c1-11(12-7-8-16(23-2)13(18)9-12)20-10-17(22)21-15-6-4-3-5-14(15)19/h3-9,11,20H,10H2,1-2H3,(H,21,22)/p+1/t11-/m1/s1. The van der Waals surface area contributed by atoms with Gasteiger partial charge in [0.2, 0.25) is 0 Å². The Kier molecular flexibility index (Phi) is 6.45. The average molecular weight is 399 g/mol. The Morgan fingerprint density at radius 2 is 2.09 bits per heavy atom. The molecule has 0 unspecified atom stereocenters. The summed E-state index contributed by atoms with van der Waals surface area (Å²) in [5, 5.41) is 5.32. The van der Waals surface area contributed by atoms with Gasteiger partial charge in [0.15, 0.2) is 6.54 Å². The van der Waals surface area contributed by atoms with Crippen LogP contribution >= 0.6 is 27.5 Å². The summed E-state index contributed by atoms with van der Waals surface area (Å²) in [6.07, 6.45) is 0. The number of hydrogen-bond acceptors (Lipinski definition) is 2. The predicted molar refractivity (Wildman–Crippen MR) is 96.0 cm³/mol. The second kappa shape index (κ2) is 8.34. The quantitative estimate of drug-likeness (QED) is 0.784. The molecule has 2 rings (SSSR count). The van der Waals surface area contributed by atoms with E-state index in [1.165, 1.54) is 0 Å². The molecular formula is C17H19BrClN2O2+. The third kappa shape index (κ3) is 4.96. The fourth-order valence-electron chi connectivity index (χ4n) is 2.15. The van der Waals surface area contributed by atoms with Crippen molar-refractivity contribution in [1.29, 1.82) is 0 Å². The number of carbonyl (C=O) groups excluding carboxylic acids is 1. The number of ether oxygens (including phenoxy) is 1. The van der Waals surface area contributed by atoms with Crippen molar-refractivity contribution in [2.24, 2.45) is 0 Å². The van der Waals surface area contributed by atoms with Gasteiger partial charge in [0.25, 0.3) is 5.91 Å². The van der Waals surface area contributed by atoms with Crippen LogP contribution in [0.1, 0.15) is 18.5 Å². The number of rotatable bonds is 6. The highest BCUT2D eigenvalue weighted by atomic mass is 79.9.